The Labute approximate surface area is 120 Å². The average Bonchev–Trinajstić information content (AvgIpc) is 2.51. The van der Waals surface area contributed by atoms with E-state index in [0.717, 1.165) is 0 Å². The molecule has 0 saturated carbocycles. The maximum atomic E-state index is 2.26. The Bertz CT molecular complexity index is 453. The second kappa shape index (κ2) is 11.8. The topological polar surface area (TPSA) is 0 Å². The molecule has 0 aliphatic heterocycles. The Hall–Kier alpha value is -1.30. The molecule has 0 radical (unpaired) electrons. The van der Waals surface area contributed by atoms with Crippen LogP contribution in [0.4, 0.5) is 0 Å². The summed E-state index contributed by atoms with van der Waals surface area (Å²) < 4.78 is 0. The molecule has 2 rings (SSSR count). The molecule has 0 bridgehead atoms. The molecule has 19 heavy (non-hydrogen) atoms. The average molecular weight is 260 g/mol. The molecule has 0 atom stereocenters. The molecular weight excluding hydrogens is 228 g/mol. The number of aryl methyl sites for hydroxylation is 3. The van der Waals surface area contributed by atoms with E-state index < -0.39 is 0 Å². The van der Waals surface area contributed by atoms with Crippen LogP contribution >= 0.6 is 0 Å². The molecule has 0 aliphatic carbocycles. The second-order valence-electron chi connectivity index (χ2n) is 3.68. The highest BCUT2D eigenvalue weighted by Crippen LogP contribution is 2.24. The van der Waals surface area contributed by atoms with Gasteiger partial charge in [-0.05, 0) is 48.2 Å². The fraction of sp³-hybridized carbons (Fsp3) is 0.474. The first-order valence-electron chi connectivity index (χ1n) is 7.65. The molecule has 0 fully saturated rings. The molecule has 0 amide bonds. The van der Waals surface area contributed by atoms with Gasteiger partial charge in [0.05, 0.1) is 0 Å². The molecule has 2 aromatic carbocycles. The van der Waals surface area contributed by atoms with Crippen LogP contribution in [0, 0.1) is 20.8 Å². The summed E-state index contributed by atoms with van der Waals surface area (Å²) >= 11 is 0. The lowest BCUT2D eigenvalue weighted by atomic mass is 9.97. The molecule has 0 aliphatic rings. The minimum atomic E-state index is 1.37. The molecule has 0 nitrogen and oxygen atoms in total. The van der Waals surface area contributed by atoms with Crippen LogP contribution in [-0.4, -0.2) is 0 Å². The van der Waals surface area contributed by atoms with Crippen molar-refractivity contribution in [3.05, 3.63) is 47.0 Å². The first kappa shape index (κ1) is 20.0. The SMILES string of the molecule is CC.CC.CC.Cc1cc(C)c2ccccc2c1C. The normalized spacial score (nSPS) is 8.26. The van der Waals surface area contributed by atoms with Crippen molar-refractivity contribution < 1.29 is 0 Å². The summed E-state index contributed by atoms with van der Waals surface area (Å²) in [5, 5.41) is 2.77. The quantitative estimate of drug-likeness (QED) is 0.486. The van der Waals surface area contributed by atoms with Crippen LogP contribution < -0.4 is 0 Å². The number of rotatable bonds is 0. The van der Waals surface area contributed by atoms with Gasteiger partial charge in [-0.1, -0.05) is 71.9 Å². The minimum absolute atomic E-state index is 1.37. The van der Waals surface area contributed by atoms with E-state index in [1.54, 1.807) is 0 Å². The third kappa shape index (κ3) is 5.46. The zero-order chi connectivity index (χ0) is 15.4. The lowest BCUT2D eigenvalue weighted by molar-refractivity contribution is 1.34. The highest BCUT2D eigenvalue weighted by molar-refractivity contribution is 5.89. The van der Waals surface area contributed by atoms with Gasteiger partial charge < -0.3 is 0 Å². The smallest absolute Gasteiger partial charge is 0.0149 e. The van der Waals surface area contributed by atoms with Crippen LogP contribution in [0.2, 0.25) is 0 Å². The Morgan fingerprint density at radius 2 is 1.00 bits per heavy atom. The zero-order valence-corrected chi connectivity index (χ0v) is 14.4. The largest absolute Gasteiger partial charge is 0.0683 e. The zero-order valence-electron chi connectivity index (χ0n) is 14.4. The van der Waals surface area contributed by atoms with Gasteiger partial charge in [-0.15, -0.1) is 0 Å². The maximum Gasteiger partial charge on any atom is -0.0149 e. The van der Waals surface area contributed by atoms with Crippen molar-refractivity contribution in [2.75, 3.05) is 0 Å². The maximum absolute atomic E-state index is 2.26. The predicted molar refractivity (Wildman–Crippen MR) is 92.2 cm³/mol. The summed E-state index contributed by atoms with van der Waals surface area (Å²) in [6.07, 6.45) is 0. The minimum Gasteiger partial charge on any atom is -0.0683 e. The van der Waals surface area contributed by atoms with Gasteiger partial charge in [0.15, 0.2) is 0 Å². The molecule has 0 heteroatoms. The van der Waals surface area contributed by atoms with E-state index in [2.05, 4.69) is 51.1 Å². The number of hydrogen-bond donors (Lipinski definition) is 0. The number of hydrogen-bond acceptors (Lipinski definition) is 0. The predicted octanol–water partition coefficient (Wildman–Crippen LogP) is 6.84. The third-order valence-electron chi connectivity index (χ3n) is 2.78. The van der Waals surface area contributed by atoms with Crippen LogP contribution in [0.15, 0.2) is 30.3 Å². The van der Waals surface area contributed by atoms with Crippen molar-refractivity contribution in [1.29, 1.82) is 0 Å². The highest BCUT2D eigenvalue weighted by Gasteiger charge is 2.01. The van der Waals surface area contributed by atoms with Crippen LogP contribution in [0.25, 0.3) is 10.8 Å². The van der Waals surface area contributed by atoms with Crippen molar-refractivity contribution in [3.63, 3.8) is 0 Å². The Morgan fingerprint density at radius 3 is 1.47 bits per heavy atom. The summed E-state index contributed by atoms with van der Waals surface area (Å²) in [5.41, 5.74) is 4.16. The van der Waals surface area contributed by atoms with Gasteiger partial charge in [0.2, 0.25) is 0 Å². The van der Waals surface area contributed by atoms with Crippen LogP contribution in [0.5, 0.6) is 0 Å². The molecule has 0 spiro atoms. The van der Waals surface area contributed by atoms with Gasteiger partial charge >= 0.3 is 0 Å². The molecule has 0 aromatic heterocycles. The van der Waals surface area contributed by atoms with E-state index in [4.69, 9.17) is 0 Å². The fourth-order valence-electron chi connectivity index (χ4n) is 1.88. The molecule has 0 N–H and O–H groups in total. The summed E-state index contributed by atoms with van der Waals surface area (Å²) in [5.74, 6) is 0. The molecular formula is C19H32. The molecule has 108 valence electrons. The lowest BCUT2D eigenvalue weighted by Crippen LogP contribution is -1.86. The Balaban J connectivity index is 0. The molecule has 0 saturated heterocycles. The standard InChI is InChI=1S/C13H14.3C2H6/c1-9-8-10(2)12-6-4-5-7-13(12)11(9)3;3*1-2/h4-8H,1-3H3;3*1-2H3. The third-order valence-corrected chi connectivity index (χ3v) is 2.78. The van der Waals surface area contributed by atoms with Crippen molar-refractivity contribution in [3.8, 4) is 0 Å². The van der Waals surface area contributed by atoms with E-state index in [0.29, 0.717) is 0 Å². The Morgan fingerprint density at radius 1 is 0.579 bits per heavy atom. The summed E-state index contributed by atoms with van der Waals surface area (Å²) in [6, 6.07) is 10.9. The second-order valence-corrected chi connectivity index (χ2v) is 3.68. The van der Waals surface area contributed by atoms with Crippen LogP contribution in [0.3, 0.4) is 0 Å². The molecule has 0 unspecified atom stereocenters. The molecule has 0 heterocycles. The van der Waals surface area contributed by atoms with Crippen LogP contribution in [0.1, 0.15) is 58.2 Å². The van der Waals surface area contributed by atoms with Gasteiger partial charge in [-0.2, -0.15) is 0 Å². The van der Waals surface area contributed by atoms with Gasteiger partial charge in [0, 0.05) is 0 Å². The highest BCUT2D eigenvalue weighted by atomic mass is 14.1. The summed E-state index contributed by atoms with van der Waals surface area (Å²) in [7, 11) is 0. The summed E-state index contributed by atoms with van der Waals surface area (Å²) in [6.45, 7) is 18.5. The van der Waals surface area contributed by atoms with E-state index in [9.17, 15) is 0 Å². The van der Waals surface area contributed by atoms with E-state index in [1.165, 1.54) is 27.5 Å². The van der Waals surface area contributed by atoms with E-state index in [1.807, 2.05) is 41.5 Å². The van der Waals surface area contributed by atoms with Crippen molar-refractivity contribution in [2.45, 2.75) is 62.3 Å². The van der Waals surface area contributed by atoms with Gasteiger partial charge in [0.1, 0.15) is 0 Å². The lowest BCUT2D eigenvalue weighted by Gasteiger charge is -2.08. The van der Waals surface area contributed by atoms with Crippen molar-refractivity contribution >= 4 is 10.8 Å². The monoisotopic (exact) mass is 260 g/mol. The first-order valence-corrected chi connectivity index (χ1v) is 7.65. The van der Waals surface area contributed by atoms with E-state index in [-0.39, 0.29) is 0 Å². The van der Waals surface area contributed by atoms with Gasteiger partial charge in [-0.3, -0.25) is 0 Å². The van der Waals surface area contributed by atoms with E-state index >= 15 is 0 Å². The first-order chi connectivity index (χ1) is 9.20. The number of benzene rings is 2. The summed E-state index contributed by atoms with van der Waals surface area (Å²) in [4.78, 5) is 0. The van der Waals surface area contributed by atoms with Gasteiger partial charge in [0.25, 0.3) is 0 Å². The Kier molecular flexibility index (Phi) is 12.4. The van der Waals surface area contributed by atoms with Crippen molar-refractivity contribution in [2.24, 2.45) is 0 Å². The fourth-order valence-corrected chi connectivity index (χ4v) is 1.88. The van der Waals surface area contributed by atoms with Crippen molar-refractivity contribution in [1.82, 2.24) is 0 Å². The van der Waals surface area contributed by atoms with Crippen LogP contribution in [-0.2, 0) is 0 Å². The number of fused-ring (bicyclic) bond motifs is 1. The molecule has 2 aromatic rings. The van der Waals surface area contributed by atoms with Gasteiger partial charge in [-0.25, -0.2) is 0 Å².